The fraction of sp³-hybridized carbons (Fsp3) is 0.316. The highest BCUT2D eigenvalue weighted by molar-refractivity contribution is 7.16. The van der Waals surface area contributed by atoms with Crippen LogP contribution in [0.25, 0.3) is 15.9 Å². The number of fused-ring (bicyclic) bond motifs is 1. The van der Waals surface area contributed by atoms with Crippen molar-refractivity contribution in [2.75, 3.05) is 31.1 Å². The van der Waals surface area contributed by atoms with Gasteiger partial charge in [0.1, 0.15) is 17.0 Å². The Balaban J connectivity index is 1.33. The third-order valence-corrected chi connectivity index (χ3v) is 6.09. The number of piperazine rings is 1. The van der Waals surface area contributed by atoms with E-state index in [4.69, 9.17) is 0 Å². The van der Waals surface area contributed by atoms with Crippen molar-refractivity contribution in [1.29, 1.82) is 0 Å². The quantitative estimate of drug-likeness (QED) is 0.528. The van der Waals surface area contributed by atoms with Gasteiger partial charge in [0.25, 0.3) is 0 Å². The molecule has 0 aliphatic carbocycles. The van der Waals surface area contributed by atoms with Crippen LogP contribution in [0.1, 0.15) is 18.8 Å². The zero-order valence-corrected chi connectivity index (χ0v) is 16.3. The average Bonchev–Trinajstić information content (AvgIpc) is 3.43. The molecule has 0 N–H and O–H groups in total. The highest BCUT2D eigenvalue weighted by Gasteiger charge is 2.27. The van der Waals surface area contributed by atoms with Gasteiger partial charge >= 0.3 is 0 Å². The van der Waals surface area contributed by atoms with E-state index >= 15 is 0 Å². The van der Waals surface area contributed by atoms with Crippen LogP contribution >= 0.6 is 11.3 Å². The lowest BCUT2D eigenvalue weighted by atomic mass is 10.2. The number of tetrazole rings is 1. The summed E-state index contributed by atoms with van der Waals surface area (Å²) in [5, 5.41) is 15.6. The van der Waals surface area contributed by atoms with Crippen molar-refractivity contribution >= 4 is 27.4 Å². The monoisotopic (exact) mass is 392 g/mol. The van der Waals surface area contributed by atoms with E-state index in [2.05, 4.69) is 53.7 Å². The number of aromatic nitrogens is 6. The highest BCUT2D eigenvalue weighted by Crippen LogP contribution is 2.29. The summed E-state index contributed by atoms with van der Waals surface area (Å²) in [4.78, 5) is 14.7. The van der Waals surface area contributed by atoms with E-state index in [-0.39, 0.29) is 6.04 Å². The van der Waals surface area contributed by atoms with Crippen molar-refractivity contribution in [3.05, 3.63) is 53.9 Å². The van der Waals surface area contributed by atoms with Gasteiger partial charge in [0, 0.05) is 26.2 Å². The van der Waals surface area contributed by atoms with Crippen molar-refractivity contribution in [3.8, 4) is 5.69 Å². The van der Waals surface area contributed by atoms with Gasteiger partial charge in [-0.25, -0.2) is 9.97 Å². The Hall–Kier alpha value is -2.91. The molecule has 1 unspecified atom stereocenters. The SMILES string of the molecule is CC(c1nnnn1-c1ccccc1)N1CCN(c2ncnc3sccc23)CC1. The Bertz CT molecular complexity index is 1070. The van der Waals surface area contributed by atoms with E-state index in [0.717, 1.165) is 53.7 Å². The molecule has 1 aliphatic heterocycles. The molecule has 0 saturated carbocycles. The van der Waals surface area contributed by atoms with Gasteiger partial charge in [0.15, 0.2) is 5.82 Å². The minimum absolute atomic E-state index is 0.129. The summed E-state index contributed by atoms with van der Waals surface area (Å²) in [5.41, 5.74) is 0.980. The number of nitrogens with zero attached hydrogens (tertiary/aromatic N) is 8. The first-order valence-corrected chi connectivity index (χ1v) is 10.2. The van der Waals surface area contributed by atoms with Crippen LogP contribution in [0.15, 0.2) is 48.1 Å². The molecule has 1 aliphatic rings. The molecule has 0 bridgehead atoms. The standard InChI is InChI=1S/C19H20N8S/c1-14(17-22-23-24-27(17)15-5-3-2-4-6-15)25-8-10-26(11-9-25)18-16-7-12-28-19(16)21-13-20-18/h2-7,12-14H,8-11H2,1H3. The Kier molecular flexibility index (Phi) is 4.46. The number of anilines is 1. The molecule has 0 amide bonds. The van der Waals surface area contributed by atoms with E-state index in [9.17, 15) is 0 Å². The van der Waals surface area contributed by atoms with Crippen LogP contribution in [0.2, 0.25) is 0 Å². The van der Waals surface area contributed by atoms with Gasteiger partial charge in [-0.3, -0.25) is 4.90 Å². The summed E-state index contributed by atoms with van der Waals surface area (Å²) in [7, 11) is 0. The molecule has 1 atom stereocenters. The molecule has 8 nitrogen and oxygen atoms in total. The molecule has 142 valence electrons. The molecule has 1 saturated heterocycles. The van der Waals surface area contributed by atoms with Gasteiger partial charge in [-0.05, 0) is 40.9 Å². The van der Waals surface area contributed by atoms with Gasteiger partial charge in [-0.15, -0.1) is 16.4 Å². The molecule has 9 heteroatoms. The smallest absolute Gasteiger partial charge is 0.173 e. The molecular formula is C19H20N8S. The van der Waals surface area contributed by atoms with Gasteiger partial charge in [-0.1, -0.05) is 18.2 Å². The predicted octanol–water partition coefficient (Wildman–Crippen LogP) is 2.55. The lowest BCUT2D eigenvalue weighted by molar-refractivity contribution is 0.189. The van der Waals surface area contributed by atoms with E-state index in [1.54, 1.807) is 17.7 Å². The first-order chi connectivity index (χ1) is 13.8. The maximum Gasteiger partial charge on any atom is 0.173 e. The molecular weight excluding hydrogens is 372 g/mol. The van der Waals surface area contributed by atoms with Gasteiger partial charge in [0.05, 0.1) is 17.1 Å². The third kappa shape index (κ3) is 3.02. The fourth-order valence-corrected chi connectivity index (χ4v) is 4.45. The number of thiophene rings is 1. The number of hydrogen-bond acceptors (Lipinski definition) is 8. The summed E-state index contributed by atoms with van der Waals surface area (Å²) >= 11 is 1.66. The number of benzene rings is 1. The summed E-state index contributed by atoms with van der Waals surface area (Å²) in [6, 6.07) is 12.3. The van der Waals surface area contributed by atoms with Crippen LogP contribution in [0, 0.1) is 0 Å². The van der Waals surface area contributed by atoms with Crippen LogP contribution < -0.4 is 4.90 Å². The van der Waals surface area contributed by atoms with Gasteiger partial charge in [0.2, 0.25) is 0 Å². The zero-order valence-electron chi connectivity index (χ0n) is 15.5. The first-order valence-electron chi connectivity index (χ1n) is 9.32. The van der Waals surface area contributed by atoms with Crippen molar-refractivity contribution in [2.45, 2.75) is 13.0 Å². The Morgan fingerprint density at radius 1 is 1.00 bits per heavy atom. The molecule has 5 rings (SSSR count). The van der Waals surface area contributed by atoms with Crippen molar-refractivity contribution in [3.63, 3.8) is 0 Å². The van der Waals surface area contributed by atoms with E-state index in [1.165, 1.54) is 0 Å². The minimum Gasteiger partial charge on any atom is -0.353 e. The molecule has 0 spiro atoms. The number of hydrogen-bond donors (Lipinski definition) is 0. The molecule has 1 fully saturated rings. The van der Waals surface area contributed by atoms with E-state index in [1.807, 2.05) is 35.0 Å². The summed E-state index contributed by atoms with van der Waals surface area (Å²) in [6.07, 6.45) is 1.66. The molecule has 28 heavy (non-hydrogen) atoms. The largest absolute Gasteiger partial charge is 0.353 e. The van der Waals surface area contributed by atoms with Crippen LogP contribution in [-0.4, -0.2) is 61.3 Å². The predicted molar refractivity (Wildman–Crippen MR) is 109 cm³/mol. The topological polar surface area (TPSA) is 75.9 Å². The molecule has 4 aromatic rings. The molecule has 1 aromatic carbocycles. The van der Waals surface area contributed by atoms with Gasteiger partial charge in [-0.2, -0.15) is 4.68 Å². The van der Waals surface area contributed by atoms with Crippen LogP contribution in [-0.2, 0) is 0 Å². The molecule has 3 aromatic heterocycles. The van der Waals surface area contributed by atoms with Crippen molar-refractivity contribution < 1.29 is 0 Å². The van der Waals surface area contributed by atoms with Crippen LogP contribution in [0.3, 0.4) is 0 Å². The number of rotatable bonds is 4. The first kappa shape index (κ1) is 17.2. The Morgan fingerprint density at radius 3 is 2.64 bits per heavy atom. The zero-order chi connectivity index (χ0) is 18.9. The summed E-state index contributed by atoms with van der Waals surface area (Å²) < 4.78 is 1.83. The maximum absolute atomic E-state index is 4.54. The highest BCUT2D eigenvalue weighted by atomic mass is 32.1. The minimum atomic E-state index is 0.129. The Labute approximate surface area is 166 Å². The second-order valence-corrected chi connectivity index (χ2v) is 7.71. The maximum atomic E-state index is 4.54. The Morgan fingerprint density at radius 2 is 1.82 bits per heavy atom. The number of para-hydroxylation sites is 1. The van der Waals surface area contributed by atoms with Gasteiger partial charge < -0.3 is 4.90 Å². The van der Waals surface area contributed by atoms with Crippen molar-refractivity contribution in [2.24, 2.45) is 0 Å². The lowest BCUT2D eigenvalue weighted by Gasteiger charge is -2.38. The molecule has 4 heterocycles. The van der Waals surface area contributed by atoms with Crippen molar-refractivity contribution in [1.82, 2.24) is 35.1 Å². The lowest BCUT2D eigenvalue weighted by Crippen LogP contribution is -2.47. The summed E-state index contributed by atoms with van der Waals surface area (Å²) in [5.74, 6) is 1.90. The molecule has 0 radical (unpaired) electrons. The average molecular weight is 392 g/mol. The third-order valence-electron chi connectivity index (χ3n) is 5.27. The normalized spacial score (nSPS) is 16.5. The van der Waals surface area contributed by atoms with Crippen LogP contribution in [0.4, 0.5) is 5.82 Å². The second kappa shape index (κ2) is 7.25. The van der Waals surface area contributed by atoms with E-state index in [0.29, 0.717) is 0 Å². The fourth-order valence-electron chi connectivity index (χ4n) is 3.72. The summed E-state index contributed by atoms with van der Waals surface area (Å²) in [6.45, 7) is 5.86. The van der Waals surface area contributed by atoms with Crippen LogP contribution in [0.5, 0.6) is 0 Å². The second-order valence-electron chi connectivity index (χ2n) is 6.82. The van der Waals surface area contributed by atoms with E-state index < -0.39 is 0 Å².